The summed E-state index contributed by atoms with van der Waals surface area (Å²) >= 11 is 10.8. The minimum atomic E-state index is -0.0983. The average molecular weight is 286 g/mol. The smallest absolute Gasteiger partial charge is 0.239 e. The fraction of sp³-hybridized carbons (Fsp3) is 0.333. The maximum Gasteiger partial charge on any atom is 0.239 e. The van der Waals surface area contributed by atoms with Crippen molar-refractivity contribution in [3.05, 3.63) is 28.8 Å². The number of nitrogens with two attached hydrogens (primary N) is 1. The summed E-state index contributed by atoms with van der Waals surface area (Å²) in [7, 11) is 0. The molecule has 98 valence electrons. The minimum absolute atomic E-state index is 0.0983. The number of rotatable bonds is 5. The molecule has 1 aromatic carbocycles. The van der Waals surface area contributed by atoms with Gasteiger partial charge in [0, 0.05) is 22.3 Å². The summed E-state index contributed by atoms with van der Waals surface area (Å²) in [5.41, 5.74) is 6.93. The molecule has 0 aromatic heterocycles. The van der Waals surface area contributed by atoms with Gasteiger partial charge in [-0.1, -0.05) is 23.8 Å². The molecule has 0 spiro atoms. The van der Waals surface area contributed by atoms with Gasteiger partial charge < -0.3 is 16.4 Å². The van der Waals surface area contributed by atoms with Crippen molar-refractivity contribution in [1.82, 2.24) is 5.32 Å². The van der Waals surface area contributed by atoms with Crippen LogP contribution in [0.3, 0.4) is 0 Å². The van der Waals surface area contributed by atoms with Crippen molar-refractivity contribution >= 4 is 40.4 Å². The van der Waals surface area contributed by atoms with Crippen molar-refractivity contribution in [1.29, 1.82) is 0 Å². The fourth-order valence-corrected chi connectivity index (χ4v) is 1.78. The summed E-state index contributed by atoms with van der Waals surface area (Å²) < 4.78 is 0. The Morgan fingerprint density at radius 3 is 2.72 bits per heavy atom. The van der Waals surface area contributed by atoms with E-state index >= 15 is 0 Å². The molecule has 0 radical (unpaired) electrons. The third kappa shape index (κ3) is 4.50. The van der Waals surface area contributed by atoms with Crippen molar-refractivity contribution in [2.45, 2.75) is 19.9 Å². The van der Waals surface area contributed by atoms with Crippen LogP contribution in [0.25, 0.3) is 0 Å². The number of thiocarbonyl (C=S) groups is 1. The molecule has 0 fully saturated rings. The molecule has 0 aliphatic rings. The lowest BCUT2D eigenvalue weighted by Crippen LogP contribution is -2.35. The Morgan fingerprint density at radius 1 is 1.50 bits per heavy atom. The molecule has 0 bridgehead atoms. The Bertz CT molecular complexity index is 463. The number of amides is 1. The highest BCUT2D eigenvalue weighted by molar-refractivity contribution is 7.80. The van der Waals surface area contributed by atoms with E-state index in [1.807, 2.05) is 13.8 Å². The molecule has 0 aliphatic heterocycles. The quantitative estimate of drug-likeness (QED) is 0.723. The fourth-order valence-electron chi connectivity index (χ4n) is 1.43. The summed E-state index contributed by atoms with van der Waals surface area (Å²) in [6, 6.07) is 5.23. The van der Waals surface area contributed by atoms with Gasteiger partial charge in [0.2, 0.25) is 5.91 Å². The van der Waals surface area contributed by atoms with E-state index in [0.29, 0.717) is 16.3 Å². The zero-order chi connectivity index (χ0) is 13.7. The van der Waals surface area contributed by atoms with Gasteiger partial charge in [0.05, 0.1) is 6.54 Å². The number of carbonyl (C=O) groups is 1. The number of nitrogens with one attached hydrogen (secondary N) is 2. The first-order chi connectivity index (χ1) is 8.40. The number of hydrogen-bond acceptors (Lipinski definition) is 3. The predicted molar refractivity (Wildman–Crippen MR) is 79.1 cm³/mol. The maximum atomic E-state index is 11.5. The summed E-state index contributed by atoms with van der Waals surface area (Å²) in [5, 5.41) is 6.31. The Hall–Kier alpha value is -1.33. The van der Waals surface area contributed by atoms with E-state index in [-0.39, 0.29) is 23.5 Å². The number of benzene rings is 1. The third-order valence-corrected chi connectivity index (χ3v) is 2.59. The Labute approximate surface area is 117 Å². The van der Waals surface area contributed by atoms with E-state index in [4.69, 9.17) is 29.6 Å². The molecular weight excluding hydrogens is 270 g/mol. The largest absolute Gasteiger partial charge is 0.389 e. The van der Waals surface area contributed by atoms with E-state index in [9.17, 15) is 4.79 Å². The van der Waals surface area contributed by atoms with Gasteiger partial charge in [0.15, 0.2) is 0 Å². The molecule has 1 aromatic rings. The van der Waals surface area contributed by atoms with Gasteiger partial charge in [-0.15, -0.1) is 0 Å². The molecular formula is C12H16ClN3OS. The molecule has 0 heterocycles. The minimum Gasteiger partial charge on any atom is -0.389 e. The summed E-state index contributed by atoms with van der Waals surface area (Å²) in [6.45, 7) is 3.95. The van der Waals surface area contributed by atoms with Crippen LogP contribution in [-0.4, -0.2) is 23.5 Å². The SMILES string of the molecule is CC(C)NC(=O)CNc1cc(Cl)ccc1C(N)=S. The lowest BCUT2D eigenvalue weighted by molar-refractivity contribution is -0.119. The summed E-state index contributed by atoms with van der Waals surface area (Å²) in [4.78, 5) is 11.8. The molecule has 0 unspecified atom stereocenters. The molecule has 4 nitrogen and oxygen atoms in total. The van der Waals surface area contributed by atoms with Crippen molar-refractivity contribution in [2.75, 3.05) is 11.9 Å². The molecule has 1 amide bonds. The molecule has 0 aliphatic carbocycles. The molecule has 18 heavy (non-hydrogen) atoms. The monoisotopic (exact) mass is 285 g/mol. The van der Waals surface area contributed by atoms with Crippen LogP contribution in [0, 0.1) is 0 Å². The highest BCUT2D eigenvalue weighted by atomic mass is 35.5. The topological polar surface area (TPSA) is 67.2 Å². The summed E-state index contributed by atoms with van der Waals surface area (Å²) in [6.07, 6.45) is 0. The van der Waals surface area contributed by atoms with Gasteiger partial charge in [-0.25, -0.2) is 0 Å². The lowest BCUT2D eigenvalue weighted by atomic mass is 10.1. The van der Waals surface area contributed by atoms with Crippen LogP contribution in [-0.2, 0) is 4.79 Å². The van der Waals surface area contributed by atoms with Crippen LogP contribution < -0.4 is 16.4 Å². The van der Waals surface area contributed by atoms with Crippen molar-refractivity contribution in [2.24, 2.45) is 5.73 Å². The second-order valence-electron chi connectivity index (χ2n) is 4.13. The highest BCUT2D eigenvalue weighted by Gasteiger charge is 2.08. The third-order valence-electron chi connectivity index (χ3n) is 2.14. The normalized spacial score (nSPS) is 10.2. The van der Waals surface area contributed by atoms with E-state index in [2.05, 4.69) is 10.6 Å². The second-order valence-corrected chi connectivity index (χ2v) is 5.01. The van der Waals surface area contributed by atoms with Crippen LogP contribution in [0.15, 0.2) is 18.2 Å². The van der Waals surface area contributed by atoms with Crippen molar-refractivity contribution in [3.8, 4) is 0 Å². The van der Waals surface area contributed by atoms with Crippen molar-refractivity contribution in [3.63, 3.8) is 0 Å². The van der Waals surface area contributed by atoms with E-state index in [0.717, 1.165) is 0 Å². The molecule has 0 saturated carbocycles. The highest BCUT2D eigenvalue weighted by Crippen LogP contribution is 2.20. The molecule has 0 saturated heterocycles. The van der Waals surface area contributed by atoms with Gasteiger partial charge in [-0.3, -0.25) is 4.79 Å². The first-order valence-corrected chi connectivity index (χ1v) is 6.31. The van der Waals surface area contributed by atoms with Gasteiger partial charge >= 0.3 is 0 Å². The Kier molecular flexibility index (Phi) is 5.37. The van der Waals surface area contributed by atoms with E-state index < -0.39 is 0 Å². The van der Waals surface area contributed by atoms with E-state index in [1.165, 1.54) is 0 Å². The second kappa shape index (κ2) is 6.56. The number of hydrogen-bond donors (Lipinski definition) is 3. The zero-order valence-electron chi connectivity index (χ0n) is 10.3. The lowest BCUT2D eigenvalue weighted by Gasteiger charge is -2.13. The summed E-state index contributed by atoms with van der Waals surface area (Å²) in [5.74, 6) is -0.0983. The first-order valence-electron chi connectivity index (χ1n) is 5.52. The van der Waals surface area contributed by atoms with Gasteiger partial charge in [0.1, 0.15) is 4.99 Å². The number of carbonyl (C=O) groups excluding carboxylic acids is 1. The van der Waals surface area contributed by atoms with E-state index in [1.54, 1.807) is 18.2 Å². The molecule has 0 atom stereocenters. The number of anilines is 1. The van der Waals surface area contributed by atoms with Gasteiger partial charge in [-0.2, -0.15) is 0 Å². The molecule has 1 rings (SSSR count). The molecule has 4 N–H and O–H groups in total. The standard InChI is InChI=1S/C12H16ClN3OS/c1-7(2)16-11(17)6-15-10-5-8(13)3-4-9(10)12(14)18/h3-5,7,15H,6H2,1-2H3,(H2,14,18)(H,16,17). The van der Waals surface area contributed by atoms with Crippen LogP contribution in [0.1, 0.15) is 19.4 Å². The predicted octanol–water partition coefficient (Wildman–Crippen LogP) is 1.91. The van der Waals surface area contributed by atoms with Crippen molar-refractivity contribution < 1.29 is 4.79 Å². The van der Waals surface area contributed by atoms with Gasteiger partial charge in [0.25, 0.3) is 0 Å². The van der Waals surface area contributed by atoms with Crippen LogP contribution in [0.4, 0.5) is 5.69 Å². The molecule has 6 heteroatoms. The first kappa shape index (κ1) is 14.7. The number of halogens is 1. The zero-order valence-corrected chi connectivity index (χ0v) is 11.9. The van der Waals surface area contributed by atoms with Crippen LogP contribution >= 0.6 is 23.8 Å². The maximum absolute atomic E-state index is 11.5. The Morgan fingerprint density at radius 2 is 2.17 bits per heavy atom. The van der Waals surface area contributed by atoms with Crippen LogP contribution in [0.5, 0.6) is 0 Å². The Balaban J connectivity index is 2.74. The average Bonchev–Trinajstić information content (AvgIpc) is 2.25. The van der Waals surface area contributed by atoms with Gasteiger partial charge in [-0.05, 0) is 32.0 Å². The van der Waals surface area contributed by atoms with Crippen LogP contribution in [0.2, 0.25) is 5.02 Å².